The van der Waals surface area contributed by atoms with E-state index in [1.54, 1.807) is 18.3 Å². The quantitative estimate of drug-likeness (QED) is 0.696. The Morgan fingerprint density at radius 1 is 1.50 bits per heavy atom. The van der Waals surface area contributed by atoms with Gasteiger partial charge in [0, 0.05) is 12.3 Å². The van der Waals surface area contributed by atoms with Gasteiger partial charge in [0.2, 0.25) is 5.88 Å². The van der Waals surface area contributed by atoms with Gasteiger partial charge in [0.05, 0.1) is 12.7 Å². The maximum Gasteiger partial charge on any atom is 0.338 e. The van der Waals surface area contributed by atoms with Gasteiger partial charge in [-0.3, -0.25) is 0 Å². The molecular formula is C13H14ClN3O3. The van der Waals surface area contributed by atoms with E-state index in [-0.39, 0.29) is 10.7 Å². The number of carbonyl (C=O) groups is 1. The van der Waals surface area contributed by atoms with Gasteiger partial charge in [-0.2, -0.15) is 0 Å². The molecule has 0 saturated carbocycles. The monoisotopic (exact) mass is 295 g/mol. The maximum absolute atomic E-state index is 10.8. The van der Waals surface area contributed by atoms with E-state index >= 15 is 0 Å². The van der Waals surface area contributed by atoms with Gasteiger partial charge in [-0.05, 0) is 19.1 Å². The highest BCUT2D eigenvalue weighted by Gasteiger charge is 2.11. The molecule has 0 unspecified atom stereocenters. The maximum atomic E-state index is 10.8. The van der Waals surface area contributed by atoms with E-state index < -0.39 is 5.97 Å². The molecule has 2 rings (SSSR count). The first-order valence-electron chi connectivity index (χ1n) is 5.60. The van der Waals surface area contributed by atoms with Crippen molar-refractivity contribution >= 4 is 17.6 Å². The first-order valence-corrected chi connectivity index (χ1v) is 5.98. The minimum Gasteiger partial charge on any atom is -0.480 e. The number of rotatable bonds is 3. The molecule has 0 aliphatic rings. The summed E-state index contributed by atoms with van der Waals surface area (Å²) in [6.07, 6.45) is 3.39. The van der Waals surface area contributed by atoms with Crippen molar-refractivity contribution in [3.63, 3.8) is 0 Å². The second-order valence-corrected chi connectivity index (χ2v) is 3.88. The van der Waals surface area contributed by atoms with E-state index in [9.17, 15) is 4.79 Å². The van der Waals surface area contributed by atoms with Crippen molar-refractivity contribution in [2.75, 3.05) is 7.11 Å². The number of carboxylic acid groups (broad SMARTS) is 1. The van der Waals surface area contributed by atoms with E-state index in [2.05, 4.69) is 16.7 Å². The molecule has 1 N–H and O–H groups in total. The fourth-order valence-electron chi connectivity index (χ4n) is 1.26. The lowest BCUT2D eigenvalue weighted by atomic mass is 10.3. The summed E-state index contributed by atoms with van der Waals surface area (Å²) in [4.78, 5) is 14.7. The van der Waals surface area contributed by atoms with Crippen LogP contribution in [0.15, 0.2) is 37.1 Å². The van der Waals surface area contributed by atoms with Gasteiger partial charge in [-0.25, -0.2) is 14.5 Å². The molecule has 0 spiro atoms. The van der Waals surface area contributed by atoms with Crippen LogP contribution >= 0.6 is 11.6 Å². The predicted octanol–water partition coefficient (Wildman–Crippen LogP) is 2.82. The van der Waals surface area contributed by atoms with Gasteiger partial charge < -0.3 is 9.84 Å². The van der Waals surface area contributed by atoms with Gasteiger partial charge in [-0.15, -0.1) is 11.7 Å². The largest absolute Gasteiger partial charge is 0.480 e. The Kier molecular flexibility index (Phi) is 5.74. The minimum absolute atomic E-state index is 0.0467. The first kappa shape index (κ1) is 15.7. The van der Waals surface area contributed by atoms with Crippen LogP contribution in [0.4, 0.5) is 0 Å². The number of hydrogen-bond acceptors (Lipinski definition) is 4. The normalized spacial score (nSPS) is 9.35. The van der Waals surface area contributed by atoms with Crippen LogP contribution in [0.1, 0.15) is 17.3 Å². The number of halogens is 1. The molecule has 0 aliphatic carbocycles. The topological polar surface area (TPSA) is 77.2 Å². The Morgan fingerprint density at radius 3 is 2.60 bits per heavy atom. The zero-order chi connectivity index (χ0) is 15.1. The Balaban J connectivity index is 0.000000612. The summed E-state index contributed by atoms with van der Waals surface area (Å²) in [5.74, 6) is -0.263. The third-order valence-corrected chi connectivity index (χ3v) is 2.36. The molecule has 0 fully saturated rings. The molecule has 2 aromatic rings. The van der Waals surface area contributed by atoms with E-state index in [4.69, 9.17) is 21.4 Å². The molecule has 0 aliphatic heterocycles. The SMILES string of the molecule is C=CC.COc1ccn(-c2ccc(C(=O)O)c(Cl)n2)n1. The van der Waals surface area contributed by atoms with E-state index in [1.807, 2.05) is 6.92 Å². The smallest absolute Gasteiger partial charge is 0.338 e. The summed E-state index contributed by atoms with van der Waals surface area (Å²) in [7, 11) is 1.50. The third kappa shape index (κ3) is 3.83. The van der Waals surface area contributed by atoms with Gasteiger partial charge in [-0.1, -0.05) is 17.7 Å². The zero-order valence-corrected chi connectivity index (χ0v) is 11.8. The number of nitrogens with zero attached hydrogens (tertiary/aromatic N) is 3. The highest BCUT2D eigenvalue weighted by Crippen LogP contribution is 2.17. The number of methoxy groups -OCH3 is 1. The molecular weight excluding hydrogens is 282 g/mol. The number of pyridine rings is 1. The van der Waals surface area contributed by atoms with E-state index in [0.29, 0.717) is 11.7 Å². The zero-order valence-electron chi connectivity index (χ0n) is 11.1. The van der Waals surface area contributed by atoms with Crippen LogP contribution in [0.25, 0.3) is 5.82 Å². The van der Waals surface area contributed by atoms with Gasteiger partial charge in [0.1, 0.15) is 5.15 Å². The molecule has 0 atom stereocenters. The molecule has 6 nitrogen and oxygen atoms in total. The third-order valence-electron chi connectivity index (χ3n) is 2.07. The molecule has 7 heteroatoms. The van der Waals surface area contributed by atoms with Crippen LogP contribution in [-0.2, 0) is 0 Å². The van der Waals surface area contributed by atoms with Crippen molar-refractivity contribution in [1.82, 2.24) is 14.8 Å². The van der Waals surface area contributed by atoms with Crippen LogP contribution in [0.2, 0.25) is 5.15 Å². The average molecular weight is 296 g/mol. The highest BCUT2D eigenvalue weighted by molar-refractivity contribution is 6.32. The first-order chi connectivity index (χ1) is 9.53. The summed E-state index contributed by atoms with van der Waals surface area (Å²) < 4.78 is 6.36. The summed E-state index contributed by atoms with van der Waals surface area (Å²) in [5, 5.41) is 12.8. The summed E-state index contributed by atoms with van der Waals surface area (Å²) in [5.41, 5.74) is -0.0467. The minimum atomic E-state index is -1.12. The molecule has 20 heavy (non-hydrogen) atoms. The van der Waals surface area contributed by atoms with Gasteiger partial charge in [0.25, 0.3) is 0 Å². The summed E-state index contributed by atoms with van der Waals surface area (Å²) in [6.45, 7) is 5.25. The number of allylic oxidation sites excluding steroid dienone is 1. The number of hydrogen-bond donors (Lipinski definition) is 1. The molecule has 0 amide bonds. The van der Waals surface area contributed by atoms with Crippen LogP contribution in [0.3, 0.4) is 0 Å². The molecule has 2 aromatic heterocycles. The van der Waals surface area contributed by atoms with Crippen molar-refractivity contribution in [3.8, 4) is 11.7 Å². The van der Waals surface area contributed by atoms with Crippen molar-refractivity contribution in [3.05, 3.63) is 47.8 Å². The van der Waals surface area contributed by atoms with Crippen molar-refractivity contribution < 1.29 is 14.6 Å². The number of aromatic nitrogens is 3. The molecule has 0 bridgehead atoms. The highest BCUT2D eigenvalue weighted by atomic mass is 35.5. The summed E-state index contributed by atoms with van der Waals surface area (Å²) >= 11 is 5.75. The predicted molar refractivity (Wildman–Crippen MR) is 75.8 cm³/mol. The second kappa shape index (κ2) is 7.30. The molecule has 0 saturated heterocycles. The molecule has 0 aromatic carbocycles. The van der Waals surface area contributed by atoms with Gasteiger partial charge in [0.15, 0.2) is 5.82 Å². The van der Waals surface area contributed by atoms with Crippen LogP contribution in [0.5, 0.6) is 5.88 Å². The van der Waals surface area contributed by atoms with Crippen LogP contribution < -0.4 is 4.74 Å². The fraction of sp³-hybridized carbons (Fsp3) is 0.154. The van der Waals surface area contributed by atoms with Gasteiger partial charge >= 0.3 is 5.97 Å². The number of ether oxygens (including phenoxy) is 1. The fourth-order valence-corrected chi connectivity index (χ4v) is 1.49. The molecule has 2 heterocycles. The van der Waals surface area contributed by atoms with Crippen LogP contribution in [-0.4, -0.2) is 33.0 Å². The van der Waals surface area contributed by atoms with Crippen molar-refractivity contribution in [2.24, 2.45) is 0 Å². The number of carboxylic acids is 1. The Morgan fingerprint density at radius 2 is 2.15 bits per heavy atom. The van der Waals surface area contributed by atoms with Crippen molar-refractivity contribution in [1.29, 1.82) is 0 Å². The molecule has 106 valence electrons. The van der Waals surface area contributed by atoms with E-state index in [0.717, 1.165) is 0 Å². The summed E-state index contributed by atoms with van der Waals surface area (Å²) in [6, 6.07) is 4.55. The molecule has 0 radical (unpaired) electrons. The van der Waals surface area contributed by atoms with Crippen LogP contribution in [0, 0.1) is 0 Å². The van der Waals surface area contributed by atoms with Crippen molar-refractivity contribution in [2.45, 2.75) is 6.92 Å². The Bertz CT molecular complexity index is 611. The second-order valence-electron chi connectivity index (χ2n) is 3.52. The standard InChI is InChI=1S/C10H8ClN3O3.C3H6/c1-17-8-4-5-14(13-8)7-3-2-6(10(15)16)9(11)12-7;1-3-2/h2-5H,1H3,(H,15,16);3H,1H2,2H3. The van der Waals surface area contributed by atoms with E-state index in [1.165, 1.54) is 23.9 Å². The lowest BCUT2D eigenvalue weighted by molar-refractivity contribution is 0.0696. The number of aromatic carboxylic acids is 1. The Hall–Kier alpha value is -2.34. The average Bonchev–Trinajstić information content (AvgIpc) is 2.87. The lowest BCUT2D eigenvalue weighted by Gasteiger charge is -2.02. The lowest BCUT2D eigenvalue weighted by Crippen LogP contribution is -2.03. The Labute approximate surface area is 121 Å².